The fourth-order valence-corrected chi connectivity index (χ4v) is 7.63. The molecule has 0 rings (SSSR count). The zero-order valence-corrected chi connectivity index (χ0v) is 40.7. The Morgan fingerprint density at radius 1 is 0.328 bits per heavy atom. The third-order valence-corrected chi connectivity index (χ3v) is 11.6. The van der Waals surface area contributed by atoms with Crippen molar-refractivity contribution in [2.75, 3.05) is 13.2 Å². The van der Waals surface area contributed by atoms with Crippen molar-refractivity contribution < 1.29 is 28.6 Å². The van der Waals surface area contributed by atoms with Gasteiger partial charge in [0.05, 0.1) is 0 Å². The highest BCUT2D eigenvalue weighted by molar-refractivity contribution is 5.71. The lowest BCUT2D eigenvalue weighted by atomic mass is 10.0. The number of unbranched alkanes of at least 4 members (excludes halogenated alkanes) is 31. The predicted octanol–water partition coefficient (Wildman–Crippen LogP) is 17.3. The summed E-state index contributed by atoms with van der Waals surface area (Å²) < 4.78 is 16.7. The van der Waals surface area contributed by atoms with Crippen molar-refractivity contribution in [3.05, 3.63) is 36.5 Å². The van der Waals surface area contributed by atoms with Crippen LogP contribution >= 0.6 is 0 Å². The zero-order chi connectivity index (χ0) is 44.4. The van der Waals surface area contributed by atoms with E-state index in [-0.39, 0.29) is 31.1 Å². The number of rotatable bonds is 48. The summed E-state index contributed by atoms with van der Waals surface area (Å²) in [5.41, 5.74) is 0. The minimum atomic E-state index is -0.771. The summed E-state index contributed by atoms with van der Waals surface area (Å²) in [4.78, 5) is 37.8. The molecular weight excluding hydrogens is 757 g/mol. The molecule has 356 valence electrons. The van der Waals surface area contributed by atoms with E-state index in [0.29, 0.717) is 19.3 Å². The summed E-state index contributed by atoms with van der Waals surface area (Å²) >= 11 is 0. The fraction of sp³-hybridized carbons (Fsp3) is 0.836. The predicted molar refractivity (Wildman–Crippen MR) is 261 cm³/mol. The van der Waals surface area contributed by atoms with Crippen molar-refractivity contribution in [2.45, 2.75) is 284 Å². The summed E-state index contributed by atoms with van der Waals surface area (Å²) in [5, 5.41) is 0. The first-order chi connectivity index (χ1) is 30.0. The van der Waals surface area contributed by atoms with Crippen molar-refractivity contribution in [1.29, 1.82) is 0 Å². The molecule has 0 fully saturated rings. The number of carbonyl (C=O) groups excluding carboxylic acids is 3. The van der Waals surface area contributed by atoms with Gasteiger partial charge < -0.3 is 14.2 Å². The van der Waals surface area contributed by atoms with Crippen LogP contribution in [0, 0.1) is 0 Å². The number of hydrogen-bond donors (Lipinski definition) is 0. The molecule has 6 nitrogen and oxygen atoms in total. The first kappa shape index (κ1) is 58.6. The zero-order valence-electron chi connectivity index (χ0n) is 40.7. The highest BCUT2D eigenvalue weighted by Gasteiger charge is 2.19. The number of allylic oxidation sites excluding steroid dienone is 6. The van der Waals surface area contributed by atoms with Crippen LogP contribution in [-0.2, 0) is 28.6 Å². The standard InChI is InChI=1S/C55H100O6/c1-4-7-10-13-16-18-20-22-24-26-27-29-30-32-34-36-39-42-45-48-54(57)60-51-52(50-59-53(56)47-44-41-38-15-12-9-6-3)61-55(58)49-46-43-40-37-35-33-31-28-25-23-21-19-17-14-11-8-5-2/h16,18,22,24,27,29,52H,4-15,17,19-21,23,25-26,28,30-51H2,1-3H3/b18-16-,24-22-,29-27-. The van der Waals surface area contributed by atoms with Crippen LogP contribution in [0.2, 0.25) is 0 Å². The van der Waals surface area contributed by atoms with Crippen LogP contribution in [0.3, 0.4) is 0 Å². The lowest BCUT2D eigenvalue weighted by Crippen LogP contribution is -2.30. The molecule has 0 radical (unpaired) electrons. The van der Waals surface area contributed by atoms with Crippen molar-refractivity contribution >= 4 is 17.9 Å². The second-order valence-electron chi connectivity index (χ2n) is 17.8. The Labute approximate surface area is 378 Å². The van der Waals surface area contributed by atoms with Crippen LogP contribution in [0.25, 0.3) is 0 Å². The fourth-order valence-electron chi connectivity index (χ4n) is 7.63. The smallest absolute Gasteiger partial charge is 0.306 e. The molecule has 0 heterocycles. The number of esters is 3. The highest BCUT2D eigenvalue weighted by atomic mass is 16.6. The third-order valence-electron chi connectivity index (χ3n) is 11.6. The molecule has 0 amide bonds. The SMILES string of the molecule is CCCCC/C=C\C/C=C\C/C=C\CCCCCCCCC(=O)OCC(COC(=O)CCCCCCCCC)OC(=O)CCCCCCCCCCCCCCCCCCC. The topological polar surface area (TPSA) is 78.9 Å². The molecule has 0 saturated carbocycles. The Balaban J connectivity index is 4.24. The van der Waals surface area contributed by atoms with Gasteiger partial charge in [-0.15, -0.1) is 0 Å². The van der Waals surface area contributed by atoms with Crippen LogP contribution < -0.4 is 0 Å². The van der Waals surface area contributed by atoms with Crippen LogP contribution in [-0.4, -0.2) is 37.2 Å². The summed E-state index contributed by atoms with van der Waals surface area (Å²) in [6.45, 7) is 6.58. The minimum Gasteiger partial charge on any atom is -0.462 e. The average Bonchev–Trinajstić information content (AvgIpc) is 3.26. The molecule has 0 bridgehead atoms. The van der Waals surface area contributed by atoms with Crippen molar-refractivity contribution in [1.82, 2.24) is 0 Å². The van der Waals surface area contributed by atoms with E-state index in [9.17, 15) is 14.4 Å². The normalized spacial score (nSPS) is 12.2. The second kappa shape index (κ2) is 50.3. The van der Waals surface area contributed by atoms with E-state index in [1.54, 1.807) is 0 Å². The Bertz CT molecular complexity index is 1030. The molecule has 0 aromatic carbocycles. The molecule has 61 heavy (non-hydrogen) atoms. The summed E-state index contributed by atoms with van der Waals surface area (Å²) in [6.07, 6.45) is 58.6. The Kier molecular flexibility index (Phi) is 48.3. The molecule has 0 aromatic rings. The van der Waals surface area contributed by atoms with Crippen LogP contribution in [0.15, 0.2) is 36.5 Å². The molecule has 6 heteroatoms. The Hall–Kier alpha value is -2.37. The molecule has 1 unspecified atom stereocenters. The summed E-state index contributed by atoms with van der Waals surface area (Å²) in [6, 6.07) is 0. The Morgan fingerprint density at radius 3 is 0.951 bits per heavy atom. The minimum absolute atomic E-state index is 0.0733. The van der Waals surface area contributed by atoms with E-state index in [4.69, 9.17) is 14.2 Å². The molecule has 0 aliphatic carbocycles. The molecule has 0 aliphatic heterocycles. The van der Waals surface area contributed by atoms with Gasteiger partial charge in [0.25, 0.3) is 0 Å². The second-order valence-corrected chi connectivity index (χ2v) is 17.8. The first-order valence-electron chi connectivity index (χ1n) is 26.5. The number of hydrogen-bond acceptors (Lipinski definition) is 6. The molecule has 0 saturated heterocycles. The van der Waals surface area contributed by atoms with Gasteiger partial charge in [0.1, 0.15) is 13.2 Å². The van der Waals surface area contributed by atoms with Crippen LogP contribution in [0.5, 0.6) is 0 Å². The third kappa shape index (κ3) is 48.5. The van der Waals surface area contributed by atoms with Gasteiger partial charge in [-0.1, -0.05) is 237 Å². The molecule has 0 aromatic heterocycles. The largest absolute Gasteiger partial charge is 0.462 e. The number of carbonyl (C=O) groups is 3. The molecular formula is C55H100O6. The highest BCUT2D eigenvalue weighted by Crippen LogP contribution is 2.16. The van der Waals surface area contributed by atoms with Gasteiger partial charge in [0, 0.05) is 19.3 Å². The molecule has 1 atom stereocenters. The molecule has 0 spiro atoms. The monoisotopic (exact) mass is 857 g/mol. The van der Waals surface area contributed by atoms with Crippen molar-refractivity contribution in [2.24, 2.45) is 0 Å². The molecule has 0 aliphatic rings. The Morgan fingerprint density at radius 2 is 0.590 bits per heavy atom. The van der Waals surface area contributed by atoms with Crippen LogP contribution in [0.1, 0.15) is 278 Å². The van der Waals surface area contributed by atoms with Crippen molar-refractivity contribution in [3.63, 3.8) is 0 Å². The quantitative estimate of drug-likeness (QED) is 0.0262. The summed E-state index contributed by atoms with van der Waals surface area (Å²) in [7, 11) is 0. The lowest BCUT2D eigenvalue weighted by Gasteiger charge is -2.18. The first-order valence-corrected chi connectivity index (χ1v) is 26.5. The maximum Gasteiger partial charge on any atom is 0.306 e. The van der Waals surface area contributed by atoms with E-state index in [1.807, 2.05) is 0 Å². The lowest BCUT2D eigenvalue weighted by molar-refractivity contribution is -0.167. The number of ether oxygens (including phenoxy) is 3. The van der Waals surface area contributed by atoms with E-state index in [2.05, 4.69) is 57.2 Å². The van der Waals surface area contributed by atoms with Gasteiger partial charge in [-0.3, -0.25) is 14.4 Å². The van der Waals surface area contributed by atoms with Crippen molar-refractivity contribution in [3.8, 4) is 0 Å². The van der Waals surface area contributed by atoms with Crippen LogP contribution in [0.4, 0.5) is 0 Å². The van der Waals surface area contributed by atoms with Gasteiger partial charge in [-0.25, -0.2) is 0 Å². The maximum atomic E-state index is 12.8. The van der Waals surface area contributed by atoms with Gasteiger partial charge in [0.15, 0.2) is 6.10 Å². The van der Waals surface area contributed by atoms with E-state index in [0.717, 1.165) is 77.0 Å². The van der Waals surface area contributed by atoms with Gasteiger partial charge in [-0.2, -0.15) is 0 Å². The summed E-state index contributed by atoms with van der Waals surface area (Å²) in [5.74, 6) is -0.881. The van der Waals surface area contributed by atoms with Gasteiger partial charge >= 0.3 is 17.9 Å². The van der Waals surface area contributed by atoms with Gasteiger partial charge in [-0.05, 0) is 57.8 Å². The van der Waals surface area contributed by atoms with E-state index in [1.165, 1.54) is 161 Å². The maximum absolute atomic E-state index is 12.8. The average molecular weight is 857 g/mol. The van der Waals surface area contributed by atoms with E-state index >= 15 is 0 Å². The van der Waals surface area contributed by atoms with Gasteiger partial charge in [0.2, 0.25) is 0 Å². The van der Waals surface area contributed by atoms with E-state index < -0.39 is 6.10 Å². The molecule has 0 N–H and O–H groups in total.